The molecule has 1 amide bonds. The van der Waals surface area contributed by atoms with Crippen LogP contribution in [0.3, 0.4) is 0 Å². The lowest BCUT2D eigenvalue weighted by Crippen LogP contribution is -2.48. The molecule has 0 spiro atoms. The average molecular weight is 508 g/mol. The number of amides is 1. The smallest absolute Gasteiger partial charge is 0.337 e. The van der Waals surface area contributed by atoms with Crippen LogP contribution < -0.4 is 5.32 Å². The van der Waals surface area contributed by atoms with Crippen molar-refractivity contribution in [1.29, 1.82) is 0 Å². The maximum Gasteiger partial charge on any atom is 0.337 e. The fourth-order valence-corrected chi connectivity index (χ4v) is 5.52. The van der Waals surface area contributed by atoms with Crippen LogP contribution in [-0.2, 0) is 21.3 Å². The maximum atomic E-state index is 12.9. The number of nitrogens with one attached hydrogen (secondary N) is 1. The summed E-state index contributed by atoms with van der Waals surface area (Å²) in [6, 6.07) is 20.8. The number of nitrogens with zero attached hydrogens (tertiary/aromatic N) is 2. The van der Waals surface area contributed by atoms with E-state index in [1.54, 1.807) is 42.5 Å². The fraction of sp³-hybridized carbons (Fsp3) is 0.259. The van der Waals surface area contributed by atoms with Crippen molar-refractivity contribution in [1.82, 2.24) is 9.21 Å². The average Bonchev–Trinajstić information content (AvgIpc) is 2.89. The quantitative estimate of drug-likeness (QED) is 0.492. The number of anilines is 1. The van der Waals surface area contributed by atoms with Gasteiger partial charge in [-0.25, -0.2) is 13.2 Å². The molecule has 1 aliphatic heterocycles. The molecular formula is C27H29N3O5S. The Morgan fingerprint density at radius 2 is 1.56 bits per heavy atom. The Morgan fingerprint density at radius 1 is 0.889 bits per heavy atom. The Bertz CT molecular complexity index is 1350. The second kappa shape index (κ2) is 11.0. The van der Waals surface area contributed by atoms with Crippen LogP contribution in [0.5, 0.6) is 0 Å². The molecule has 1 heterocycles. The molecule has 1 N–H and O–H groups in total. The first kappa shape index (κ1) is 25.6. The van der Waals surface area contributed by atoms with Crippen LogP contribution >= 0.6 is 0 Å². The number of piperazine rings is 1. The van der Waals surface area contributed by atoms with Crippen LogP contribution in [0.15, 0.2) is 77.7 Å². The summed E-state index contributed by atoms with van der Waals surface area (Å²) < 4.78 is 32.1. The monoisotopic (exact) mass is 507 g/mol. The van der Waals surface area contributed by atoms with Crippen molar-refractivity contribution in [2.45, 2.75) is 18.4 Å². The highest BCUT2D eigenvalue weighted by molar-refractivity contribution is 7.89. The summed E-state index contributed by atoms with van der Waals surface area (Å²) in [5.74, 6) is -0.757. The van der Waals surface area contributed by atoms with Crippen molar-refractivity contribution in [2.75, 3.05) is 38.6 Å². The minimum absolute atomic E-state index is 0.284. The lowest BCUT2D eigenvalue weighted by Gasteiger charge is -2.34. The maximum absolute atomic E-state index is 12.9. The van der Waals surface area contributed by atoms with Crippen molar-refractivity contribution in [3.05, 3.63) is 95.1 Å². The lowest BCUT2D eigenvalue weighted by molar-refractivity contribution is 0.0600. The molecule has 4 rings (SSSR count). The van der Waals surface area contributed by atoms with Gasteiger partial charge in [-0.2, -0.15) is 4.31 Å². The SMILES string of the molecule is COC(=O)c1cccc(NC(=O)c2cccc(CN3CCN(S(=O)(=O)c4ccc(C)cc4)CC3)c2)c1. The number of ether oxygens (including phenoxy) is 1. The molecule has 9 heteroatoms. The number of carbonyl (C=O) groups is 2. The molecule has 8 nitrogen and oxygen atoms in total. The Balaban J connectivity index is 1.36. The van der Waals surface area contributed by atoms with E-state index in [-0.39, 0.29) is 5.91 Å². The van der Waals surface area contributed by atoms with Gasteiger partial charge in [-0.15, -0.1) is 0 Å². The van der Waals surface area contributed by atoms with Gasteiger partial charge >= 0.3 is 5.97 Å². The molecule has 1 fully saturated rings. The van der Waals surface area contributed by atoms with Gasteiger partial charge in [0.15, 0.2) is 0 Å². The van der Waals surface area contributed by atoms with Crippen LogP contribution in [-0.4, -0.2) is 62.8 Å². The predicted octanol–water partition coefficient (Wildman–Crippen LogP) is 3.54. The van der Waals surface area contributed by atoms with Gasteiger partial charge in [0.05, 0.1) is 17.6 Å². The molecule has 0 saturated carbocycles. The van der Waals surface area contributed by atoms with Crippen molar-refractivity contribution in [3.8, 4) is 0 Å². The summed E-state index contributed by atoms with van der Waals surface area (Å²) in [7, 11) is -2.20. The highest BCUT2D eigenvalue weighted by atomic mass is 32.2. The van der Waals surface area contributed by atoms with E-state index < -0.39 is 16.0 Å². The fourth-order valence-electron chi connectivity index (χ4n) is 4.10. The van der Waals surface area contributed by atoms with E-state index in [2.05, 4.69) is 10.2 Å². The molecule has 1 aliphatic rings. The molecule has 3 aromatic rings. The van der Waals surface area contributed by atoms with E-state index >= 15 is 0 Å². The summed E-state index contributed by atoms with van der Waals surface area (Å²) in [5, 5.41) is 2.82. The molecule has 0 aromatic heterocycles. The van der Waals surface area contributed by atoms with Crippen LogP contribution in [0.25, 0.3) is 0 Å². The first-order valence-corrected chi connectivity index (χ1v) is 13.1. The van der Waals surface area contributed by atoms with Crippen molar-refractivity contribution >= 4 is 27.6 Å². The topological polar surface area (TPSA) is 96.0 Å². The largest absolute Gasteiger partial charge is 0.465 e. The number of rotatable bonds is 7. The van der Waals surface area contributed by atoms with Gasteiger partial charge in [-0.05, 0) is 55.0 Å². The van der Waals surface area contributed by atoms with E-state index in [9.17, 15) is 18.0 Å². The molecule has 0 unspecified atom stereocenters. The molecule has 188 valence electrons. The van der Waals surface area contributed by atoms with E-state index in [1.165, 1.54) is 11.4 Å². The number of benzene rings is 3. The Kier molecular flexibility index (Phi) is 7.83. The number of esters is 1. The highest BCUT2D eigenvalue weighted by Crippen LogP contribution is 2.20. The highest BCUT2D eigenvalue weighted by Gasteiger charge is 2.28. The van der Waals surface area contributed by atoms with Gasteiger partial charge in [0.25, 0.3) is 5.91 Å². The van der Waals surface area contributed by atoms with Crippen molar-refractivity contribution < 1.29 is 22.7 Å². The zero-order valence-corrected chi connectivity index (χ0v) is 21.1. The molecule has 0 radical (unpaired) electrons. The number of methoxy groups -OCH3 is 1. The number of hydrogen-bond acceptors (Lipinski definition) is 6. The summed E-state index contributed by atoms with van der Waals surface area (Å²) in [4.78, 5) is 27.0. The van der Waals surface area contributed by atoms with Crippen LogP contribution in [0.4, 0.5) is 5.69 Å². The third-order valence-electron chi connectivity index (χ3n) is 6.13. The van der Waals surface area contributed by atoms with Crippen LogP contribution in [0.2, 0.25) is 0 Å². The molecule has 1 saturated heterocycles. The molecule has 3 aromatic carbocycles. The Morgan fingerprint density at radius 3 is 2.25 bits per heavy atom. The summed E-state index contributed by atoms with van der Waals surface area (Å²) in [6.45, 7) is 4.55. The minimum atomic E-state index is -3.51. The van der Waals surface area contributed by atoms with E-state index in [0.717, 1.165) is 11.1 Å². The normalized spacial score (nSPS) is 14.8. The van der Waals surface area contributed by atoms with Crippen molar-refractivity contribution in [3.63, 3.8) is 0 Å². The first-order valence-electron chi connectivity index (χ1n) is 11.6. The second-order valence-corrected chi connectivity index (χ2v) is 10.7. The third kappa shape index (κ3) is 5.99. The number of carbonyl (C=O) groups excluding carboxylic acids is 2. The second-order valence-electron chi connectivity index (χ2n) is 8.72. The van der Waals surface area contributed by atoms with E-state index in [1.807, 2.05) is 37.3 Å². The predicted molar refractivity (Wildman–Crippen MR) is 137 cm³/mol. The Labute approximate surface area is 211 Å². The zero-order valence-electron chi connectivity index (χ0n) is 20.3. The Hall–Kier alpha value is -3.53. The molecule has 0 aliphatic carbocycles. The number of sulfonamides is 1. The van der Waals surface area contributed by atoms with Gasteiger partial charge in [0.2, 0.25) is 10.0 Å². The van der Waals surface area contributed by atoms with Crippen LogP contribution in [0.1, 0.15) is 31.8 Å². The van der Waals surface area contributed by atoms with Crippen molar-refractivity contribution in [2.24, 2.45) is 0 Å². The van der Waals surface area contributed by atoms with Gasteiger partial charge in [0.1, 0.15) is 0 Å². The van der Waals surface area contributed by atoms with Gasteiger partial charge < -0.3 is 10.1 Å². The molecule has 0 bridgehead atoms. The lowest BCUT2D eigenvalue weighted by atomic mass is 10.1. The van der Waals surface area contributed by atoms with Gasteiger partial charge in [-0.1, -0.05) is 35.9 Å². The van der Waals surface area contributed by atoms with E-state index in [0.29, 0.717) is 54.4 Å². The number of aryl methyl sites for hydroxylation is 1. The summed E-state index contributed by atoms with van der Waals surface area (Å²) in [5.41, 5.74) is 3.33. The first-order chi connectivity index (χ1) is 17.3. The zero-order chi connectivity index (χ0) is 25.7. The standard InChI is InChI=1S/C27H29N3O5S/c1-20-9-11-25(12-10-20)36(33,34)30-15-13-29(14-16-30)19-21-5-3-6-22(17-21)26(31)28-24-8-4-7-23(18-24)27(32)35-2/h3-12,17-18H,13-16,19H2,1-2H3,(H,28,31). The van der Waals surface area contributed by atoms with E-state index in [4.69, 9.17) is 4.74 Å². The minimum Gasteiger partial charge on any atom is -0.465 e. The van der Waals surface area contributed by atoms with Gasteiger partial charge in [-0.3, -0.25) is 9.69 Å². The number of hydrogen-bond donors (Lipinski definition) is 1. The van der Waals surface area contributed by atoms with Gasteiger partial charge in [0, 0.05) is 44.0 Å². The molecule has 36 heavy (non-hydrogen) atoms. The summed E-state index contributed by atoms with van der Waals surface area (Å²) in [6.07, 6.45) is 0. The van der Waals surface area contributed by atoms with Crippen LogP contribution in [0, 0.1) is 6.92 Å². The summed E-state index contributed by atoms with van der Waals surface area (Å²) >= 11 is 0. The third-order valence-corrected chi connectivity index (χ3v) is 8.04. The molecular weight excluding hydrogens is 478 g/mol. The molecule has 0 atom stereocenters.